The fourth-order valence-electron chi connectivity index (χ4n) is 2.90. The number of benzene rings is 2. The molecule has 29 heavy (non-hydrogen) atoms. The number of phenolic OH excluding ortho intramolecular Hbond substituents is 1. The Labute approximate surface area is 171 Å². The predicted molar refractivity (Wildman–Crippen MR) is 110 cm³/mol. The van der Waals surface area contributed by atoms with Crippen LogP contribution >= 0.6 is 0 Å². The van der Waals surface area contributed by atoms with Crippen LogP contribution in [-0.2, 0) is 9.47 Å². The first-order valence-electron chi connectivity index (χ1n) is 9.08. The number of hydrogen-bond donors (Lipinski definition) is 2. The Hall–Kier alpha value is -2.74. The molecule has 2 atom stereocenters. The van der Waals surface area contributed by atoms with Crippen LogP contribution in [0.1, 0.15) is 17.2 Å². The lowest BCUT2D eigenvalue weighted by atomic mass is 10.0. The van der Waals surface area contributed by atoms with Crippen molar-refractivity contribution in [2.75, 3.05) is 41.7 Å². The predicted octanol–water partition coefficient (Wildman–Crippen LogP) is 3.20. The molecule has 2 rings (SSSR count). The van der Waals surface area contributed by atoms with E-state index >= 15 is 0 Å². The van der Waals surface area contributed by atoms with Gasteiger partial charge in [0.2, 0.25) is 0 Å². The van der Waals surface area contributed by atoms with E-state index in [2.05, 4.69) is 0 Å². The molecule has 158 valence electrons. The van der Waals surface area contributed by atoms with Crippen LogP contribution < -0.4 is 14.2 Å². The molecule has 0 saturated heterocycles. The fourth-order valence-corrected chi connectivity index (χ4v) is 2.90. The van der Waals surface area contributed by atoms with Crippen molar-refractivity contribution in [1.29, 1.82) is 0 Å². The van der Waals surface area contributed by atoms with Gasteiger partial charge in [0.05, 0.1) is 27.4 Å². The van der Waals surface area contributed by atoms with Crippen LogP contribution in [0.25, 0.3) is 6.08 Å². The molecule has 0 aliphatic carbocycles. The molecule has 0 bridgehead atoms. The number of aromatic hydroxyl groups is 1. The van der Waals surface area contributed by atoms with E-state index in [1.54, 1.807) is 32.4 Å². The molecule has 0 heterocycles. The van der Waals surface area contributed by atoms with Crippen molar-refractivity contribution in [3.05, 3.63) is 53.6 Å². The minimum absolute atomic E-state index is 0.0198. The molecule has 0 aliphatic rings. The molecular weight excluding hydrogens is 376 g/mol. The molecule has 2 N–H and O–H groups in total. The molecule has 0 spiro atoms. The van der Waals surface area contributed by atoms with Crippen LogP contribution in [0.5, 0.6) is 23.0 Å². The largest absolute Gasteiger partial charge is 0.504 e. The molecule has 0 fully saturated rings. The first-order valence-corrected chi connectivity index (χ1v) is 9.08. The van der Waals surface area contributed by atoms with E-state index in [9.17, 15) is 10.2 Å². The summed E-state index contributed by atoms with van der Waals surface area (Å²) in [6, 6.07) is 10.3. The smallest absolute Gasteiger partial charge is 0.161 e. The zero-order chi connectivity index (χ0) is 21.2. The number of phenols is 1. The Bertz CT molecular complexity index is 804. The van der Waals surface area contributed by atoms with Crippen LogP contribution in [0.4, 0.5) is 0 Å². The third-order valence-corrected chi connectivity index (χ3v) is 4.34. The summed E-state index contributed by atoms with van der Waals surface area (Å²) in [6.07, 6.45) is 2.50. The van der Waals surface area contributed by atoms with Gasteiger partial charge in [-0.3, -0.25) is 0 Å². The lowest BCUT2D eigenvalue weighted by molar-refractivity contribution is -0.0265. The number of ether oxygens (including phenoxy) is 5. The summed E-state index contributed by atoms with van der Waals surface area (Å²) < 4.78 is 27.2. The third-order valence-electron chi connectivity index (χ3n) is 4.34. The van der Waals surface area contributed by atoms with Gasteiger partial charge >= 0.3 is 0 Å². The third kappa shape index (κ3) is 5.87. The summed E-state index contributed by atoms with van der Waals surface area (Å²) in [4.78, 5) is 0. The second-order valence-corrected chi connectivity index (χ2v) is 6.19. The highest BCUT2D eigenvalue weighted by molar-refractivity contribution is 5.56. The molecule has 0 aromatic heterocycles. The summed E-state index contributed by atoms with van der Waals surface area (Å²) in [5, 5.41) is 19.8. The SMILES string of the molecule is COC/C=C/c1ccc(O[C@@H](CO)[C@H](OC)c2ccc(O)c(OC)c2)c(OC)c1. The standard InChI is InChI=1S/C22H28O7/c1-25-11-5-6-15-7-10-18(20(12-15)27-3)29-21(14-23)22(28-4)16-8-9-17(24)19(13-16)26-2/h5-10,12-13,21-24H,11,14H2,1-4H3/b6-5+/t21-,22+/m0/s1. The Balaban J connectivity index is 2.27. The van der Waals surface area contributed by atoms with Gasteiger partial charge in [-0.05, 0) is 35.4 Å². The number of hydrogen-bond acceptors (Lipinski definition) is 7. The molecule has 0 radical (unpaired) electrons. The van der Waals surface area contributed by atoms with Gasteiger partial charge in [-0.25, -0.2) is 0 Å². The van der Waals surface area contributed by atoms with Gasteiger partial charge in [-0.2, -0.15) is 0 Å². The Morgan fingerprint density at radius 2 is 1.69 bits per heavy atom. The van der Waals surface area contributed by atoms with Gasteiger partial charge in [0.15, 0.2) is 29.1 Å². The molecule has 2 aromatic rings. The highest BCUT2D eigenvalue weighted by Gasteiger charge is 2.26. The average molecular weight is 404 g/mol. The van der Waals surface area contributed by atoms with Gasteiger partial charge < -0.3 is 33.9 Å². The minimum Gasteiger partial charge on any atom is -0.504 e. The van der Waals surface area contributed by atoms with E-state index in [-0.39, 0.29) is 12.4 Å². The maximum absolute atomic E-state index is 9.94. The van der Waals surface area contributed by atoms with E-state index in [0.29, 0.717) is 29.4 Å². The molecular formula is C22H28O7. The Morgan fingerprint density at radius 1 is 0.931 bits per heavy atom. The lowest BCUT2D eigenvalue weighted by Crippen LogP contribution is -2.30. The minimum atomic E-state index is -0.710. The topological polar surface area (TPSA) is 86.6 Å². The van der Waals surface area contributed by atoms with Crippen molar-refractivity contribution in [2.24, 2.45) is 0 Å². The van der Waals surface area contributed by atoms with E-state index in [4.69, 9.17) is 23.7 Å². The second kappa shape index (κ2) is 11.3. The molecule has 7 heteroatoms. The summed E-state index contributed by atoms with van der Waals surface area (Å²) in [5.41, 5.74) is 1.62. The van der Waals surface area contributed by atoms with Crippen molar-refractivity contribution in [1.82, 2.24) is 0 Å². The van der Waals surface area contributed by atoms with Crippen molar-refractivity contribution in [3.8, 4) is 23.0 Å². The number of rotatable bonds is 11. The van der Waals surface area contributed by atoms with Crippen molar-refractivity contribution in [2.45, 2.75) is 12.2 Å². The highest BCUT2D eigenvalue weighted by atomic mass is 16.6. The van der Waals surface area contributed by atoms with Crippen LogP contribution in [0.2, 0.25) is 0 Å². The van der Waals surface area contributed by atoms with Crippen LogP contribution in [-0.4, -0.2) is 58.0 Å². The van der Waals surface area contributed by atoms with Crippen LogP contribution in [0.3, 0.4) is 0 Å². The van der Waals surface area contributed by atoms with Gasteiger partial charge in [0.25, 0.3) is 0 Å². The summed E-state index contributed by atoms with van der Waals surface area (Å²) in [6.45, 7) is 0.221. The van der Waals surface area contributed by atoms with Gasteiger partial charge in [0.1, 0.15) is 6.10 Å². The van der Waals surface area contributed by atoms with Gasteiger partial charge in [0, 0.05) is 14.2 Å². The van der Waals surface area contributed by atoms with E-state index in [1.165, 1.54) is 20.3 Å². The van der Waals surface area contributed by atoms with Crippen molar-refractivity contribution < 1.29 is 33.9 Å². The van der Waals surface area contributed by atoms with E-state index in [0.717, 1.165) is 5.56 Å². The zero-order valence-corrected chi connectivity index (χ0v) is 17.1. The number of aliphatic hydroxyl groups is 1. The molecule has 0 aliphatic heterocycles. The second-order valence-electron chi connectivity index (χ2n) is 6.19. The van der Waals surface area contributed by atoms with Crippen LogP contribution in [0, 0.1) is 0 Å². The highest BCUT2D eigenvalue weighted by Crippen LogP contribution is 2.35. The summed E-state index contributed by atoms with van der Waals surface area (Å²) in [7, 11) is 6.18. The fraction of sp³-hybridized carbons (Fsp3) is 0.364. The number of aliphatic hydroxyl groups excluding tert-OH is 1. The van der Waals surface area contributed by atoms with Gasteiger partial charge in [-0.1, -0.05) is 24.3 Å². The first kappa shape index (κ1) is 22.5. The molecule has 2 aromatic carbocycles. The number of methoxy groups -OCH3 is 4. The lowest BCUT2D eigenvalue weighted by Gasteiger charge is -2.27. The summed E-state index contributed by atoms with van der Waals surface area (Å²) >= 11 is 0. The average Bonchev–Trinajstić information content (AvgIpc) is 2.75. The quantitative estimate of drug-likeness (QED) is 0.595. The summed E-state index contributed by atoms with van der Waals surface area (Å²) in [5.74, 6) is 1.33. The van der Waals surface area contributed by atoms with Crippen LogP contribution in [0.15, 0.2) is 42.5 Å². The van der Waals surface area contributed by atoms with Crippen molar-refractivity contribution >= 4 is 6.08 Å². The van der Waals surface area contributed by atoms with E-state index in [1.807, 2.05) is 24.3 Å². The first-order chi connectivity index (χ1) is 14.1. The molecule has 7 nitrogen and oxygen atoms in total. The van der Waals surface area contributed by atoms with Crippen molar-refractivity contribution in [3.63, 3.8) is 0 Å². The van der Waals surface area contributed by atoms with E-state index < -0.39 is 12.2 Å². The maximum Gasteiger partial charge on any atom is 0.161 e. The monoisotopic (exact) mass is 404 g/mol. The Kier molecular flexibility index (Phi) is 8.79. The maximum atomic E-state index is 9.94. The Morgan fingerprint density at radius 3 is 2.31 bits per heavy atom. The molecule has 0 amide bonds. The normalized spacial score (nSPS) is 13.3. The zero-order valence-electron chi connectivity index (χ0n) is 17.1. The molecule has 0 saturated carbocycles. The molecule has 0 unspecified atom stereocenters. The van der Waals surface area contributed by atoms with Gasteiger partial charge in [-0.15, -0.1) is 0 Å².